The number of hydrogen-bond acceptors (Lipinski definition) is 4. The van der Waals surface area contributed by atoms with E-state index in [1.165, 1.54) is 6.07 Å². The SMILES string of the molecule is CC(N)CCNC(=O)c1cccc(S(=O)(=O)N2CC(C)CC(C)C2)c1.Cl. The first-order chi connectivity index (χ1) is 11.7. The van der Waals surface area contributed by atoms with Crippen LogP contribution in [0.15, 0.2) is 29.2 Å². The van der Waals surface area contributed by atoms with Crippen LogP contribution in [0.4, 0.5) is 0 Å². The Balaban J connectivity index is 0.00000338. The van der Waals surface area contributed by atoms with Gasteiger partial charge in [0.05, 0.1) is 4.90 Å². The maximum Gasteiger partial charge on any atom is 0.251 e. The summed E-state index contributed by atoms with van der Waals surface area (Å²) in [7, 11) is -3.58. The van der Waals surface area contributed by atoms with Gasteiger partial charge in [-0.3, -0.25) is 4.79 Å². The normalized spacial score (nSPS) is 22.3. The van der Waals surface area contributed by atoms with Gasteiger partial charge in [-0.1, -0.05) is 19.9 Å². The Hall–Kier alpha value is -1.15. The predicted octanol–water partition coefficient (Wildman–Crippen LogP) is 2.24. The summed E-state index contributed by atoms with van der Waals surface area (Å²) in [5.41, 5.74) is 6.02. The number of nitrogens with zero attached hydrogens (tertiary/aromatic N) is 1. The highest BCUT2D eigenvalue weighted by Gasteiger charge is 2.31. The van der Waals surface area contributed by atoms with Crippen LogP contribution in [-0.2, 0) is 10.0 Å². The van der Waals surface area contributed by atoms with Gasteiger partial charge in [0.2, 0.25) is 10.0 Å². The molecule has 1 aromatic rings. The quantitative estimate of drug-likeness (QED) is 0.761. The lowest BCUT2D eigenvalue weighted by atomic mass is 9.94. The highest BCUT2D eigenvalue weighted by Crippen LogP contribution is 2.26. The molecule has 0 saturated carbocycles. The van der Waals surface area contributed by atoms with Crippen molar-refractivity contribution >= 4 is 28.3 Å². The van der Waals surface area contributed by atoms with Gasteiger partial charge in [0.25, 0.3) is 5.91 Å². The molecule has 1 aliphatic heterocycles. The first-order valence-electron chi connectivity index (χ1n) is 8.84. The van der Waals surface area contributed by atoms with Gasteiger partial charge in [-0.05, 0) is 49.8 Å². The number of benzene rings is 1. The zero-order valence-electron chi connectivity index (χ0n) is 15.6. The summed E-state index contributed by atoms with van der Waals surface area (Å²) >= 11 is 0. The van der Waals surface area contributed by atoms with Crippen LogP contribution in [0.5, 0.6) is 0 Å². The Morgan fingerprint density at radius 1 is 1.31 bits per heavy atom. The molecule has 6 nitrogen and oxygen atoms in total. The summed E-state index contributed by atoms with van der Waals surface area (Å²) in [5, 5.41) is 2.78. The minimum atomic E-state index is -3.58. The van der Waals surface area contributed by atoms with E-state index in [4.69, 9.17) is 5.73 Å². The molecule has 1 amide bonds. The molecular formula is C18H30ClN3O3S. The van der Waals surface area contributed by atoms with Crippen LogP contribution in [0, 0.1) is 11.8 Å². The first-order valence-corrected chi connectivity index (χ1v) is 10.3. The summed E-state index contributed by atoms with van der Waals surface area (Å²) in [6.07, 6.45) is 1.71. The number of halogens is 1. The molecule has 0 aliphatic carbocycles. The van der Waals surface area contributed by atoms with Crippen molar-refractivity contribution in [3.05, 3.63) is 29.8 Å². The second-order valence-electron chi connectivity index (χ2n) is 7.32. The molecule has 2 rings (SSSR count). The van der Waals surface area contributed by atoms with E-state index < -0.39 is 10.0 Å². The van der Waals surface area contributed by atoms with Crippen LogP contribution < -0.4 is 11.1 Å². The lowest BCUT2D eigenvalue weighted by Crippen LogP contribution is -2.42. The topological polar surface area (TPSA) is 92.5 Å². The van der Waals surface area contributed by atoms with Crippen molar-refractivity contribution in [2.24, 2.45) is 17.6 Å². The van der Waals surface area contributed by atoms with E-state index in [2.05, 4.69) is 19.2 Å². The van der Waals surface area contributed by atoms with Crippen molar-refractivity contribution in [3.8, 4) is 0 Å². The summed E-state index contributed by atoms with van der Waals surface area (Å²) in [6.45, 7) is 7.53. The molecule has 148 valence electrons. The number of rotatable bonds is 6. The van der Waals surface area contributed by atoms with Gasteiger partial charge < -0.3 is 11.1 Å². The van der Waals surface area contributed by atoms with Gasteiger partial charge in [-0.2, -0.15) is 4.31 Å². The van der Waals surface area contributed by atoms with E-state index in [9.17, 15) is 13.2 Å². The molecule has 0 spiro atoms. The molecule has 3 unspecified atom stereocenters. The molecule has 0 radical (unpaired) electrons. The van der Waals surface area contributed by atoms with Gasteiger partial charge in [0.1, 0.15) is 0 Å². The number of nitrogens with one attached hydrogen (secondary N) is 1. The second-order valence-corrected chi connectivity index (χ2v) is 9.26. The fourth-order valence-electron chi connectivity index (χ4n) is 3.26. The number of nitrogens with two attached hydrogens (primary N) is 1. The lowest BCUT2D eigenvalue weighted by Gasteiger charge is -2.34. The van der Waals surface area contributed by atoms with Crippen LogP contribution in [0.3, 0.4) is 0 Å². The maximum atomic E-state index is 12.9. The van der Waals surface area contributed by atoms with E-state index in [1.54, 1.807) is 22.5 Å². The molecule has 0 bridgehead atoms. The van der Waals surface area contributed by atoms with Crippen LogP contribution in [-0.4, -0.2) is 44.3 Å². The van der Waals surface area contributed by atoms with E-state index in [0.29, 0.717) is 43.5 Å². The molecule has 26 heavy (non-hydrogen) atoms. The fourth-order valence-corrected chi connectivity index (χ4v) is 4.99. The molecule has 1 saturated heterocycles. The van der Waals surface area contributed by atoms with Crippen molar-refractivity contribution in [1.82, 2.24) is 9.62 Å². The average Bonchev–Trinajstić information content (AvgIpc) is 2.53. The molecule has 3 N–H and O–H groups in total. The van der Waals surface area contributed by atoms with Crippen LogP contribution in [0.1, 0.15) is 44.0 Å². The highest BCUT2D eigenvalue weighted by molar-refractivity contribution is 7.89. The third kappa shape index (κ3) is 5.94. The van der Waals surface area contributed by atoms with Crippen LogP contribution in [0.25, 0.3) is 0 Å². The van der Waals surface area contributed by atoms with Gasteiger partial charge >= 0.3 is 0 Å². The van der Waals surface area contributed by atoms with Crippen molar-refractivity contribution in [1.29, 1.82) is 0 Å². The molecule has 1 heterocycles. The molecular weight excluding hydrogens is 374 g/mol. The Morgan fingerprint density at radius 2 is 1.92 bits per heavy atom. The van der Waals surface area contributed by atoms with E-state index in [1.807, 2.05) is 6.92 Å². The van der Waals surface area contributed by atoms with Crippen LogP contribution >= 0.6 is 12.4 Å². The van der Waals surface area contributed by atoms with Crippen molar-refractivity contribution in [2.45, 2.75) is 44.6 Å². The average molecular weight is 404 g/mol. The number of amides is 1. The Morgan fingerprint density at radius 3 is 2.50 bits per heavy atom. The Kier molecular flexibility index (Phi) is 8.53. The summed E-state index contributed by atoms with van der Waals surface area (Å²) < 4.78 is 27.4. The number of sulfonamides is 1. The standard InChI is InChI=1S/C18H29N3O3S.ClH/c1-13-9-14(2)12-21(11-13)25(23,24)17-6-4-5-16(10-17)18(22)20-8-7-15(3)19;/h4-6,10,13-15H,7-9,11-12,19H2,1-3H3,(H,20,22);1H. The second kappa shape index (κ2) is 9.69. The smallest absolute Gasteiger partial charge is 0.251 e. The number of hydrogen-bond donors (Lipinski definition) is 2. The van der Waals surface area contributed by atoms with Gasteiger partial charge in [0.15, 0.2) is 0 Å². The Labute approximate surface area is 163 Å². The van der Waals surface area contributed by atoms with E-state index >= 15 is 0 Å². The van der Waals surface area contributed by atoms with Gasteiger partial charge in [0, 0.05) is 31.2 Å². The number of carbonyl (C=O) groups is 1. The van der Waals surface area contributed by atoms with Crippen LogP contribution in [0.2, 0.25) is 0 Å². The van der Waals surface area contributed by atoms with Gasteiger partial charge in [-0.25, -0.2) is 8.42 Å². The Bertz CT molecular complexity index is 699. The molecule has 0 aromatic heterocycles. The lowest BCUT2D eigenvalue weighted by molar-refractivity contribution is 0.0952. The summed E-state index contributed by atoms with van der Waals surface area (Å²) in [4.78, 5) is 12.4. The molecule has 8 heteroatoms. The van der Waals surface area contributed by atoms with Gasteiger partial charge in [-0.15, -0.1) is 12.4 Å². The highest BCUT2D eigenvalue weighted by atomic mass is 35.5. The van der Waals surface area contributed by atoms with E-state index in [-0.39, 0.29) is 29.3 Å². The molecule has 1 fully saturated rings. The monoisotopic (exact) mass is 403 g/mol. The zero-order chi connectivity index (χ0) is 18.6. The fraction of sp³-hybridized carbons (Fsp3) is 0.611. The predicted molar refractivity (Wildman–Crippen MR) is 106 cm³/mol. The number of carbonyl (C=O) groups excluding carboxylic acids is 1. The number of piperidine rings is 1. The van der Waals surface area contributed by atoms with Crippen molar-refractivity contribution < 1.29 is 13.2 Å². The van der Waals surface area contributed by atoms with Crippen molar-refractivity contribution in [3.63, 3.8) is 0 Å². The maximum absolute atomic E-state index is 12.9. The summed E-state index contributed by atoms with van der Waals surface area (Å²) in [6, 6.07) is 6.26. The van der Waals surface area contributed by atoms with E-state index in [0.717, 1.165) is 6.42 Å². The molecule has 3 atom stereocenters. The minimum Gasteiger partial charge on any atom is -0.352 e. The third-order valence-electron chi connectivity index (χ3n) is 4.45. The third-order valence-corrected chi connectivity index (χ3v) is 6.28. The zero-order valence-corrected chi connectivity index (χ0v) is 17.3. The van der Waals surface area contributed by atoms with Crippen molar-refractivity contribution in [2.75, 3.05) is 19.6 Å². The minimum absolute atomic E-state index is 0. The first kappa shape index (κ1) is 22.9. The molecule has 1 aliphatic rings. The molecule has 1 aromatic carbocycles. The largest absolute Gasteiger partial charge is 0.352 e. The summed E-state index contributed by atoms with van der Waals surface area (Å²) in [5.74, 6) is 0.393.